The highest BCUT2D eigenvalue weighted by atomic mass is 16.2. The zero-order valence-corrected chi connectivity index (χ0v) is 15.1. The highest BCUT2D eigenvalue weighted by molar-refractivity contribution is 5.79. The predicted octanol–water partition coefficient (Wildman–Crippen LogP) is 0.647. The largest absolute Gasteiger partial charge is 0.341 e. The van der Waals surface area contributed by atoms with E-state index in [1.807, 2.05) is 18.2 Å². The molecule has 7 heteroatoms. The van der Waals surface area contributed by atoms with Crippen LogP contribution in [-0.4, -0.2) is 51.9 Å². The summed E-state index contributed by atoms with van der Waals surface area (Å²) in [5, 5.41) is 0. The zero-order valence-electron chi connectivity index (χ0n) is 15.1. The minimum atomic E-state index is -0.551. The Kier molecular flexibility index (Phi) is 5.37. The van der Waals surface area contributed by atoms with Crippen LogP contribution in [0.2, 0.25) is 0 Å². The average Bonchev–Trinajstić information content (AvgIpc) is 3.06. The molecule has 1 aromatic heterocycles. The Balaban J connectivity index is 1.61. The molecule has 2 aromatic rings. The van der Waals surface area contributed by atoms with E-state index in [1.165, 1.54) is 5.56 Å². The van der Waals surface area contributed by atoms with Crippen LogP contribution in [-0.2, 0) is 17.8 Å². The lowest BCUT2D eigenvalue weighted by molar-refractivity contribution is -0.131. The Morgan fingerprint density at radius 2 is 1.96 bits per heavy atom. The molecular weight excluding hydrogens is 332 g/mol. The van der Waals surface area contributed by atoms with Gasteiger partial charge in [-0.25, -0.2) is 4.79 Å². The first-order valence-electron chi connectivity index (χ1n) is 8.78. The molecule has 7 nitrogen and oxygen atoms in total. The molecule has 1 aromatic carbocycles. The monoisotopic (exact) mass is 356 g/mol. The molecule has 138 valence electrons. The number of carbonyl (C=O) groups excluding carboxylic acids is 1. The number of aryl methyl sites for hydroxylation is 1. The second kappa shape index (κ2) is 7.70. The number of amides is 1. The minimum absolute atomic E-state index is 0.0103. The molecule has 1 aliphatic rings. The van der Waals surface area contributed by atoms with E-state index >= 15 is 0 Å². The lowest BCUT2D eigenvalue weighted by atomic mass is 10.1. The summed E-state index contributed by atoms with van der Waals surface area (Å²) in [6.07, 6.45) is 0.902. The van der Waals surface area contributed by atoms with Gasteiger partial charge in [0.15, 0.2) is 0 Å². The van der Waals surface area contributed by atoms with Gasteiger partial charge in [-0.15, -0.1) is 0 Å². The molecule has 1 amide bonds. The second-order valence-corrected chi connectivity index (χ2v) is 6.86. The maximum absolute atomic E-state index is 12.6. The van der Waals surface area contributed by atoms with Gasteiger partial charge in [0, 0.05) is 44.0 Å². The molecule has 2 heterocycles. The van der Waals surface area contributed by atoms with Crippen LogP contribution in [0.25, 0.3) is 0 Å². The molecule has 1 atom stereocenters. The van der Waals surface area contributed by atoms with E-state index in [0.717, 1.165) is 26.1 Å². The number of likely N-dealkylation sites (N-methyl/N-ethyl adjacent to an activating group) is 1. The van der Waals surface area contributed by atoms with Gasteiger partial charge in [0.25, 0.3) is 5.56 Å². The first-order chi connectivity index (χ1) is 12.4. The van der Waals surface area contributed by atoms with Crippen molar-refractivity contribution in [3.63, 3.8) is 0 Å². The molecule has 1 saturated heterocycles. The minimum Gasteiger partial charge on any atom is -0.341 e. The van der Waals surface area contributed by atoms with Crippen molar-refractivity contribution in [1.82, 2.24) is 19.8 Å². The number of hydrogen-bond donors (Lipinski definition) is 2. The smallest absolute Gasteiger partial charge is 0.325 e. The van der Waals surface area contributed by atoms with Crippen molar-refractivity contribution in [2.45, 2.75) is 32.4 Å². The molecule has 0 bridgehead atoms. The Morgan fingerprint density at radius 3 is 2.65 bits per heavy atom. The number of benzene rings is 1. The van der Waals surface area contributed by atoms with E-state index in [2.05, 4.69) is 27.0 Å². The summed E-state index contributed by atoms with van der Waals surface area (Å²) >= 11 is 0. The third kappa shape index (κ3) is 4.11. The lowest BCUT2D eigenvalue weighted by Gasteiger charge is -2.25. The number of H-pyrrole nitrogens is 2. The molecule has 0 saturated carbocycles. The van der Waals surface area contributed by atoms with Crippen LogP contribution >= 0.6 is 0 Å². The summed E-state index contributed by atoms with van der Waals surface area (Å²) in [6, 6.07) is 10.4. The first kappa shape index (κ1) is 18.1. The van der Waals surface area contributed by atoms with Crippen LogP contribution in [0.4, 0.5) is 0 Å². The van der Waals surface area contributed by atoms with E-state index in [0.29, 0.717) is 11.3 Å². The summed E-state index contributed by atoms with van der Waals surface area (Å²) in [4.78, 5) is 44.6. The van der Waals surface area contributed by atoms with Crippen LogP contribution in [0.1, 0.15) is 23.2 Å². The highest BCUT2D eigenvalue weighted by Gasteiger charge is 2.28. The van der Waals surface area contributed by atoms with Crippen molar-refractivity contribution < 1.29 is 4.79 Å². The van der Waals surface area contributed by atoms with Crippen molar-refractivity contribution in [3.8, 4) is 0 Å². The van der Waals surface area contributed by atoms with Crippen LogP contribution in [0, 0.1) is 6.92 Å². The van der Waals surface area contributed by atoms with Crippen LogP contribution in [0.5, 0.6) is 0 Å². The maximum atomic E-state index is 12.6. The lowest BCUT2D eigenvalue weighted by Crippen LogP contribution is -2.41. The Labute approximate surface area is 151 Å². The summed E-state index contributed by atoms with van der Waals surface area (Å²) in [7, 11) is 1.79. The van der Waals surface area contributed by atoms with Gasteiger partial charge in [0.1, 0.15) is 0 Å². The fourth-order valence-corrected chi connectivity index (χ4v) is 3.43. The molecule has 1 unspecified atom stereocenters. The van der Waals surface area contributed by atoms with Crippen LogP contribution < -0.4 is 11.2 Å². The quantitative estimate of drug-likeness (QED) is 0.823. The Morgan fingerprint density at radius 1 is 1.23 bits per heavy atom. The van der Waals surface area contributed by atoms with Gasteiger partial charge >= 0.3 is 5.69 Å². The number of aromatic amines is 2. The van der Waals surface area contributed by atoms with Crippen molar-refractivity contribution in [2.75, 3.05) is 20.1 Å². The topological polar surface area (TPSA) is 89.3 Å². The summed E-state index contributed by atoms with van der Waals surface area (Å²) < 4.78 is 0. The molecule has 26 heavy (non-hydrogen) atoms. The zero-order chi connectivity index (χ0) is 18.7. The normalized spacial score (nSPS) is 17.4. The summed E-state index contributed by atoms with van der Waals surface area (Å²) in [5.41, 5.74) is 0.977. The molecule has 0 radical (unpaired) electrons. The van der Waals surface area contributed by atoms with E-state index in [9.17, 15) is 14.4 Å². The standard InChI is InChI=1S/C19H24N4O3/c1-13-16(18(25)21-19(26)20-13)10-17(24)22(2)15-8-9-23(12-15)11-14-6-4-3-5-7-14/h3-7,15H,8-12H2,1-2H3,(H2,20,21,25,26). The average molecular weight is 356 g/mol. The summed E-state index contributed by atoms with van der Waals surface area (Å²) in [6.45, 7) is 4.27. The maximum Gasteiger partial charge on any atom is 0.325 e. The van der Waals surface area contributed by atoms with Crippen molar-refractivity contribution in [1.29, 1.82) is 0 Å². The third-order valence-corrected chi connectivity index (χ3v) is 5.02. The van der Waals surface area contributed by atoms with Crippen molar-refractivity contribution >= 4 is 5.91 Å². The molecule has 3 rings (SSSR count). The number of likely N-dealkylation sites (tertiary alicyclic amines) is 1. The van der Waals surface area contributed by atoms with E-state index in [-0.39, 0.29) is 18.4 Å². The first-order valence-corrected chi connectivity index (χ1v) is 8.78. The fourth-order valence-electron chi connectivity index (χ4n) is 3.43. The number of aromatic nitrogens is 2. The van der Waals surface area contributed by atoms with Crippen molar-refractivity contribution in [2.24, 2.45) is 0 Å². The van der Waals surface area contributed by atoms with E-state index < -0.39 is 11.2 Å². The van der Waals surface area contributed by atoms with Gasteiger partial charge < -0.3 is 9.88 Å². The molecular formula is C19H24N4O3. The third-order valence-electron chi connectivity index (χ3n) is 5.02. The van der Waals surface area contributed by atoms with Crippen LogP contribution in [0.3, 0.4) is 0 Å². The van der Waals surface area contributed by atoms with Gasteiger partial charge in [-0.2, -0.15) is 0 Å². The van der Waals surface area contributed by atoms with Gasteiger partial charge in [-0.1, -0.05) is 30.3 Å². The number of nitrogens with one attached hydrogen (secondary N) is 2. The van der Waals surface area contributed by atoms with Gasteiger partial charge in [-0.3, -0.25) is 19.5 Å². The number of nitrogens with zero attached hydrogens (tertiary/aromatic N) is 2. The molecule has 1 aliphatic heterocycles. The number of rotatable bonds is 5. The molecule has 0 spiro atoms. The van der Waals surface area contributed by atoms with E-state index in [4.69, 9.17) is 0 Å². The Hall–Kier alpha value is -2.67. The fraction of sp³-hybridized carbons (Fsp3) is 0.421. The molecule has 1 fully saturated rings. The summed E-state index contributed by atoms with van der Waals surface area (Å²) in [5.74, 6) is -0.114. The molecule has 2 N–H and O–H groups in total. The second-order valence-electron chi connectivity index (χ2n) is 6.86. The Bertz CT molecular complexity index is 888. The van der Waals surface area contributed by atoms with Crippen LogP contribution in [0.15, 0.2) is 39.9 Å². The van der Waals surface area contributed by atoms with E-state index in [1.54, 1.807) is 18.9 Å². The van der Waals surface area contributed by atoms with Gasteiger partial charge in [0.2, 0.25) is 5.91 Å². The predicted molar refractivity (Wildman–Crippen MR) is 99.0 cm³/mol. The number of carbonyl (C=O) groups is 1. The SMILES string of the molecule is Cc1[nH]c(=O)[nH]c(=O)c1CC(=O)N(C)C1CCN(Cc2ccccc2)C1. The highest BCUT2D eigenvalue weighted by Crippen LogP contribution is 2.18. The number of hydrogen-bond acceptors (Lipinski definition) is 4. The van der Waals surface area contributed by atoms with Gasteiger partial charge in [0.05, 0.1) is 6.42 Å². The van der Waals surface area contributed by atoms with Gasteiger partial charge in [-0.05, 0) is 18.9 Å². The van der Waals surface area contributed by atoms with Crippen molar-refractivity contribution in [3.05, 3.63) is 68.0 Å². The molecule has 0 aliphatic carbocycles.